The lowest BCUT2D eigenvalue weighted by molar-refractivity contribution is -0.119. The standard InChI is InChI=1S/C10H18N4O2/c1-2-5-16-8-6-13-14(7-8)4-3-9(11)10(12)15/h6-7,9H,2-5,11H2,1H3,(H2,12,15). The maximum Gasteiger partial charge on any atom is 0.234 e. The minimum atomic E-state index is -0.621. The van der Waals surface area contributed by atoms with Crippen LogP contribution in [0.3, 0.4) is 0 Å². The highest BCUT2D eigenvalue weighted by Crippen LogP contribution is 2.08. The normalized spacial score (nSPS) is 12.4. The third-order valence-electron chi connectivity index (χ3n) is 2.12. The van der Waals surface area contributed by atoms with Gasteiger partial charge in [-0.3, -0.25) is 9.48 Å². The molecule has 0 saturated carbocycles. The lowest BCUT2D eigenvalue weighted by atomic mass is 10.2. The van der Waals surface area contributed by atoms with Crippen molar-refractivity contribution in [2.75, 3.05) is 6.61 Å². The van der Waals surface area contributed by atoms with Crippen LogP contribution in [0.25, 0.3) is 0 Å². The Morgan fingerprint density at radius 1 is 1.69 bits per heavy atom. The van der Waals surface area contributed by atoms with Gasteiger partial charge in [-0.15, -0.1) is 0 Å². The molecule has 16 heavy (non-hydrogen) atoms. The van der Waals surface area contributed by atoms with Gasteiger partial charge in [0.05, 0.1) is 25.0 Å². The number of carbonyl (C=O) groups excluding carboxylic acids is 1. The second-order valence-electron chi connectivity index (χ2n) is 3.59. The van der Waals surface area contributed by atoms with E-state index in [4.69, 9.17) is 16.2 Å². The minimum Gasteiger partial charge on any atom is -0.490 e. The summed E-state index contributed by atoms with van der Waals surface area (Å²) in [5.41, 5.74) is 10.6. The van der Waals surface area contributed by atoms with Crippen LogP contribution in [-0.4, -0.2) is 28.3 Å². The molecule has 0 spiro atoms. The molecular formula is C10H18N4O2. The highest BCUT2D eigenvalue weighted by Gasteiger charge is 2.09. The van der Waals surface area contributed by atoms with Gasteiger partial charge in [-0.1, -0.05) is 6.92 Å². The number of hydrogen-bond acceptors (Lipinski definition) is 4. The van der Waals surface area contributed by atoms with Gasteiger partial charge in [0.15, 0.2) is 5.75 Å². The Kier molecular flexibility index (Phi) is 4.78. The fourth-order valence-corrected chi connectivity index (χ4v) is 1.17. The van der Waals surface area contributed by atoms with Crippen molar-refractivity contribution in [1.82, 2.24) is 9.78 Å². The van der Waals surface area contributed by atoms with E-state index < -0.39 is 11.9 Å². The molecule has 1 atom stereocenters. The number of aryl methyl sites for hydroxylation is 1. The number of hydrogen-bond donors (Lipinski definition) is 2. The number of nitrogens with zero attached hydrogens (tertiary/aromatic N) is 2. The molecule has 0 aliphatic heterocycles. The van der Waals surface area contributed by atoms with Crippen molar-refractivity contribution in [2.45, 2.75) is 32.4 Å². The van der Waals surface area contributed by atoms with Gasteiger partial charge in [-0.2, -0.15) is 5.10 Å². The van der Waals surface area contributed by atoms with Gasteiger partial charge in [-0.05, 0) is 12.8 Å². The summed E-state index contributed by atoms with van der Waals surface area (Å²) in [5.74, 6) is 0.240. The highest BCUT2D eigenvalue weighted by atomic mass is 16.5. The second kappa shape index (κ2) is 6.12. The first-order chi connectivity index (χ1) is 7.63. The van der Waals surface area contributed by atoms with E-state index in [1.54, 1.807) is 17.1 Å². The second-order valence-corrected chi connectivity index (χ2v) is 3.59. The minimum absolute atomic E-state index is 0.476. The molecule has 90 valence electrons. The number of carbonyl (C=O) groups is 1. The van der Waals surface area contributed by atoms with Crippen molar-refractivity contribution < 1.29 is 9.53 Å². The third-order valence-corrected chi connectivity index (χ3v) is 2.12. The summed E-state index contributed by atoms with van der Waals surface area (Å²) in [7, 11) is 0. The SMILES string of the molecule is CCCOc1cnn(CCC(N)C(N)=O)c1. The number of primary amides is 1. The predicted molar refractivity (Wildman–Crippen MR) is 59.8 cm³/mol. The Morgan fingerprint density at radius 3 is 3.06 bits per heavy atom. The van der Waals surface area contributed by atoms with E-state index in [2.05, 4.69) is 5.10 Å². The van der Waals surface area contributed by atoms with E-state index in [0.29, 0.717) is 19.6 Å². The largest absolute Gasteiger partial charge is 0.490 e. The molecule has 6 heteroatoms. The first-order valence-corrected chi connectivity index (χ1v) is 5.33. The fourth-order valence-electron chi connectivity index (χ4n) is 1.17. The third kappa shape index (κ3) is 3.90. The van der Waals surface area contributed by atoms with Gasteiger partial charge < -0.3 is 16.2 Å². The van der Waals surface area contributed by atoms with E-state index in [1.165, 1.54) is 0 Å². The molecule has 1 rings (SSSR count). The van der Waals surface area contributed by atoms with Gasteiger partial charge >= 0.3 is 0 Å². The molecule has 0 aliphatic rings. The molecule has 0 fully saturated rings. The van der Waals surface area contributed by atoms with Gasteiger partial charge in [0.1, 0.15) is 0 Å². The molecule has 0 bridgehead atoms. The zero-order valence-corrected chi connectivity index (χ0v) is 9.43. The Labute approximate surface area is 94.5 Å². The molecule has 0 saturated heterocycles. The Balaban J connectivity index is 2.37. The van der Waals surface area contributed by atoms with Crippen LogP contribution in [0.2, 0.25) is 0 Å². The van der Waals surface area contributed by atoms with E-state index in [1.807, 2.05) is 6.92 Å². The fraction of sp³-hybridized carbons (Fsp3) is 0.600. The van der Waals surface area contributed by atoms with Crippen molar-refractivity contribution in [3.63, 3.8) is 0 Å². The van der Waals surface area contributed by atoms with Crippen LogP contribution in [0.1, 0.15) is 19.8 Å². The lowest BCUT2D eigenvalue weighted by Gasteiger charge is -2.06. The molecule has 6 nitrogen and oxygen atoms in total. The summed E-state index contributed by atoms with van der Waals surface area (Å²) in [5, 5.41) is 4.08. The van der Waals surface area contributed by atoms with Crippen molar-refractivity contribution in [3.05, 3.63) is 12.4 Å². The van der Waals surface area contributed by atoms with Crippen molar-refractivity contribution in [2.24, 2.45) is 11.5 Å². The van der Waals surface area contributed by atoms with E-state index >= 15 is 0 Å². The van der Waals surface area contributed by atoms with Crippen LogP contribution >= 0.6 is 0 Å². The van der Waals surface area contributed by atoms with Crippen LogP contribution in [0.15, 0.2) is 12.4 Å². The van der Waals surface area contributed by atoms with Crippen LogP contribution in [0.5, 0.6) is 5.75 Å². The van der Waals surface area contributed by atoms with Gasteiger partial charge in [0, 0.05) is 6.54 Å². The molecule has 0 aliphatic carbocycles. The maximum atomic E-state index is 10.7. The topological polar surface area (TPSA) is 96.2 Å². The predicted octanol–water partition coefficient (Wildman–Crippen LogP) is -0.125. The molecule has 1 heterocycles. The summed E-state index contributed by atoms with van der Waals surface area (Å²) in [6.07, 6.45) is 4.86. The molecule has 1 aromatic heterocycles. The molecule has 1 aromatic rings. The zero-order valence-electron chi connectivity index (χ0n) is 9.43. The van der Waals surface area contributed by atoms with Crippen LogP contribution in [-0.2, 0) is 11.3 Å². The van der Waals surface area contributed by atoms with Gasteiger partial charge in [0.25, 0.3) is 0 Å². The summed E-state index contributed by atoms with van der Waals surface area (Å²) in [6.45, 7) is 3.27. The molecule has 1 unspecified atom stereocenters. The lowest BCUT2D eigenvalue weighted by Crippen LogP contribution is -2.37. The van der Waals surface area contributed by atoms with Crippen LogP contribution < -0.4 is 16.2 Å². The Bertz CT molecular complexity index is 337. The first kappa shape index (κ1) is 12.5. The number of nitrogens with two attached hydrogens (primary N) is 2. The Morgan fingerprint density at radius 2 is 2.44 bits per heavy atom. The summed E-state index contributed by atoms with van der Waals surface area (Å²) in [4.78, 5) is 10.7. The summed E-state index contributed by atoms with van der Waals surface area (Å²) >= 11 is 0. The van der Waals surface area contributed by atoms with Crippen LogP contribution in [0.4, 0.5) is 0 Å². The van der Waals surface area contributed by atoms with E-state index in [0.717, 1.165) is 12.2 Å². The number of aromatic nitrogens is 2. The number of amides is 1. The number of rotatable bonds is 7. The molecule has 4 N–H and O–H groups in total. The smallest absolute Gasteiger partial charge is 0.234 e. The van der Waals surface area contributed by atoms with Crippen molar-refractivity contribution >= 4 is 5.91 Å². The van der Waals surface area contributed by atoms with E-state index in [-0.39, 0.29) is 0 Å². The quantitative estimate of drug-likeness (QED) is 0.677. The maximum absolute atomic E-state index is 10.7. The summed E-state index contributed by atoms with van der Waals surface area (Å²) < 4.78 is 7.07. The zero-order chi connectivity index (χ0) is 12.0. The monoisotopic (exact) mass is 226 g/mol. The van der Waals surface area contributed by atoms with Gasteiger partial charge in [0.2, 0.25) is 5.91 Å². The van der Waals surface area contributed by atoms with Crippen molar-refractivity contribution in [1.29, 1.82) is 0 Å². The number of ether oxygens (including phenoxy) is 1. The van der Waals surface area contributed by atoms with Gasteiger partial charge in [-0.25, -0.2) is 0 Å². The van der Waals surface area contributed by atoms with Crippen molar-refractivity contribution in [3.8, 4) is 5.75 Å². The van der Waals surface area contributed by atoms with Crippen LogP contribution in [0, 0.1) is 0 Å². The molecule has 0 radical (unpaired) electrons. The summed E-state index contributed by atoms with van der Waals surface area (Å²) in [6, 6.07) is -0.621. The molecule has 0 aromatic carbocycles. The average Bonchev–Trinajstić information content (AvgIpc) is 2.70. The molecule has 1 amide bonds. The van der Waals surface area contributed by atoms with E-state index in [9.17, 15) is 4.79 Å². The average molecular weight is 226 g/mol. The highest BCUT2D eigenvalue weighted by molar-refractivity contribution is 5.79. The first-order valence-electron chi connectivity index (χ1n) is 5.33. The Hall–Kier alpha value is -1.56. The molecular weight excluding hydrogens is 208 g/mol.